The first kappa shape index (κ1) is 12.1. The number of pyridine rings is 1. The fraction of sp³-hybridized carbons (Fsp3) is 0.0909. The van der Waals surface area contributed by atoms with Gasteiger partial charge in [0.25, 0.3) is 0 Å². The van der Waals surface area contributed by atoms with Crippen LogP contribution in [-0.2, 0) is 6.54 Å². The molecule has 0 aliphatic rings. The van der Waals surface area contributed by atoms with Gasteiger partial charge >= 0.3 is 0 Å². The Morgan fingerprint density at radius 1 is 1.26 bits per heavy atom. The van der Waals surface area contributed by atoms with Crippen LogP contribution < -0.4 is 5.49 Å². The standard InChI is InChI=1S/C11H8Cl2N6/c12-7-1-2-15-9(13)6(7)3-19-5-18-10(14)8-11(19)17-4-16-8/h1-2,4-5,14H,3H2,(H,16,17). The van der Waals surface area contributed by atoms with Gasteiger partial charge in [0, 0.05) is 11.8 Å². The fourth-order valence-corrected chi connectivity index (χ4v) is 2.27. The van der Waals surface area contributed by atoms with E-state index in [2.05, 4.69) is 19.9 Å². The maximum absolute atomic E-state index is 7.68. The fourth-order valence-electron chi connectivity index (χ4n) is 1.80. The predicted octanol–water partition coefficient (Wildman–Crippen LogP) is 1.99. The summed E-state index contributed by atoms with van der Waals surface area (Å²) in [6, 6.07) is 1.68. The molecule has 0 amide bonds. The first-order valence-corrected chi connectivity index (χ1v) is 6.14. The Bertz CT molecular complexity index is 786. The zero-order valence-electron chi connectivity index (χ0n) is 9.56. The van der Waals surface area contributed by atoms with Crippen molar-refractivity contribution in [2.75, 3.05) is 0 Å². The highest BCUT2D eigenvalue weighted by Crippen LogP contribution is 2.23. The van der Waals surface area contributed by atoms with Crippen molar-refractivity contribution in [1.29, 1.82) is 5.41 Å². The van der Waals surface area contributed by atoms with Crippen LogP contribution in [0.5, 0.6) is 0 Å². The Hall–Kier alpha value is -1.92. The first-order chi connectivity index (χ1) is 9.16. The van der Waals surface area contributed by atoms with Gasteiger partial charge < -0.3 is 9.55 Å². The molecule has 0 atom stereocenters. The zero-order chi connectivity index (χ0) is 13.4. The van der Waals surface area contributed by atoms with Gasteiger partial charge in [-0.25, -0.2) is 15.0 Å². The van der Waals surface area contributed by atoms with Crippen molar-refractivity contribution < 1.29 is 0 Å². The Kier molecular flexibility index (Phi) is 2.96. The van der Waals surface area contributed by atoms with Crippen molar-refractivity contribution in [1.82, 2.24) is 24.5 Å². The molecule has 2 N–H and O–H groups in total. The van der Waals surface area contributed by atoms with Crippen LogP contribution in [0.2, 0.25) is 10.2 Å². The zero-order valence-corrected chi connectivity index (χ0v) is 11.1. The largest absolute Gasteiger partial charge is 0.340 e. The number of aromatic amines is 1. The van der Waals surface area contributed by atoms with Crippen LogP contribution in [-0.4, -0.2) is 24.5 Å². The molecule has 0 saturated heterocycles. The summed E-state index contributed by atoms with van der Waals surface area (Å²) in [5, 5.41) is 8.56. The van der Waals surface area contributed by atoms with E-state index in [1.807, 2.05) is 0 Å². The summed E-state index contributed by atoms with van der Waals surface area (Å²) in [5.41, 5.74) is 2.03. The molecule has 0 aliphatic carbocycles. The third kappa shape index (κ3) is 2.09. The number of rotatable bonds is 2. The highest BCUT2D eigenvalue weighted by molar-refractivity contribution is 6.35. The molecule has 3 aromatic rings. The SMILES string of the molecule is N=c1ncn(Cc2c(Cl)ccnc2Cl)c2nc[nH]c12. The van der Waals surface area contributed by atoms with Crippen LogP contribution in [0.4, 0.5) is 0 Å². The molecular weight excluding hydrogens is 287 g/mol. The normalized spacial score (nSPS) is 11.1. The van der Waals surface area contributed by atoms with E-state index >= 15 is 0 Å². The minimum absolute atomic E-state index is 0.145. The molecule has 0 fully saturated rings. The molecule has 3 aromatic heterocycles. The van der Waals surface area contributed by atoms with Crippen LogP contribution in [0.1, 0.15) is 5.56 Å². The van der Waals surface area contributed by atoms with Gasteiger partial charge in [-0.1, -0.05) is 23.2 Å². The summed E-state index contributed by atoms with van der Waals surface area (Å²) in [5.74, 6) is 0. The monoisotopic (exact) mass is 294 g/mol. The predicted molar refractivity (Wildman–Crippen MR) is 71.1 cm³/mol. The van der Waals surface area contributed by atoms with Gasteiger partial charge in [-0.15, -0.1) is 0 Å². The van der Waals surface area contributed by atoms with Gasteiger partial charge in [-0.3, -0.25) is 5.41 Å². The van der Waals surface area contributed by atoms with Gasteiger partial charge in [-0.2, -0.15) is 0 Å². The van der Waals surface area contributed by atoms with Crippen LogP contribution in [0.25, 0.3) is 11.2 Å². The van der Waals surface area contributed by atoms with Crippen LogP contribution in [0.3, 0.4) is 0 Å². The smallest absolute Gasteiger partial charge is 0.173 e. The van der Waals surface area contributed by atoms with E-state index < -0.39 is 0 Å². The molecule has 0 aromatic carbocycles. The molecule has 3 rings (SSSR count). The second-order valence-electron chi connectivity index (χ2n) is 3.88. The van der Waals surface area contributed by atoms with Crippen molar-refractivity contribution in [2.45, 2.75) is 6.54 Å². The second-order valence-corrected chi connectivity index (χ2v) is 4.65. The summed E-state index contributed by atoms with van der Waals surface area (Å²) in [7, 11) is 0. The number of halogens is 2. The maximum Gasteiger partial charge on any atom is 0.173 e. The number of aromatic nitrogens is 5. The molecule has 0 saturated carbocycles. The van der Waals surface area contributed by atoms with E-state index in [9.17, 15) is 0 Å². The molecule has 6 nitrogen and oxygen atoms in total. The number of nitrogens with one attached hydrogen (secondary N) is 2. The Morgan fingerprint density at radius 2 is 2.11 bits per heavy atom. The lowest BCUT2D eigenvalue weighted by atomic mass is 10.3. The number of imidazole rings is 1. The van der Waals surface area contributed by atoms with Crippen molar-refractivity contribution in [3.63, 3.8) is 0 Å². The molecule has 0 bridgehead atoms. The molecule has 19 heavy (non-hydrogen) atoms. The van der Waals surface area contributed by atoms with Gasteiger partial charge in [0.15, 0.2) is 11.1 Å². The van der Waals surface area contributed by atoms with Gasteiger partial charge in [-0.05, 0) is 6.07 Å². The summed E-state index contributed by atoms with van der Waals surface area (Å²) < 4.78 is 1.76. The quantitative estimate of drug-likeness (QED) is 0.709. The van der Waals surface area contributed by atoms with E-state index in [4.69, 9.17) is 28.6 Å². The van der Waals surface area contributed by atoms with Crippen molar-refractivity contribution in [3.05, 3.63) is 46.1 Å². The minimum Gasteiger partial charge on any atom is -0.340 e. The van der Waals surface area contributed by atoms with Gasteiger partial charge in [0.2, 0.25) is 0 Å². The molecular formula is C11H8Cl2N6. The Labute approximate surface area is 117 Å². The molecule has 8 heteroatoms. The van der Waals surface area contributed by atoms with Crippen LogP contribution in [0, 0.1) is 5.41 Å². The lowest BCUT2D eigenvalue weighted by Gasteiger charge is -2.09. The van der Waals surface area contributed by atoms with E-state index in [-0.39, 0.29) is 5.49 Å². The third-order valence-electron chi connectivity index (χ3n) is 2.73. The molecule has 0 aliphatic heterocycles. The van der Waals surface area contributed by atoms with Gasteiger partial charge in [0.1, 0.15) is 10.7 Å². The maximum atomic E-state index is 7.68. The molecule has 96 valence electrons. The Balaban J connectivity index is 2.14. The van der Waals surface area contributed by atoms with E-state index in [0.717, 1.165) is 0 Å². The third-order valence-corrected chi connectivity index (χ3v) is 3.41. The van der Waals surface area contributed by atoms with E-state index in [1.54, 1.807) is 16.8 Å². The molecule has 0 spiro atoms. The average Bonchev–Trinajstić information content (AvgIpc) is 2.87. The first-order valence-electron chi connectivity index (χ1n) is 5.39. The van der Waals surface area contributed by atoms with E-state index in [1.165, 1.54) is 12.7 Å². The van der Waals surface area contributed by atoms with E-state index in [0.29, 0.717) is 33.4 Å². The Morgan fingerprint density at radius 3 is 2.89 bits per heavy atom. The van der Waals surface area contributed by atoms with Crippen molar-refractivity contribution in [3.8, 4) is 0 Å². The summed E-state index contributed by atoms with van der Waals surface area (Å²) in [4.78, 5) is 15.0. The second kappa shape index (κ2) is 4.64. The summed E-state index contributed by atoms with van der Waals surface area (Å²) in [6.07, 6.45) is 4.60. The van der Waals surface area contributed by atoms with Crippen LogP contribution in [0.15, 0.2) is 24.9 Å². The number of hydrogen-bond acceptors (Lipinski definition) is 4. The molecule has 0 radical (unpaired) electrons. The molecule has 3 heterocycles. The topological polar surface area (TPSA) is 83.2 Å². The number of H-pyrrole nitrogens is 1. The minimum atomic E-state index is 0.145. The highest BCUT2D eigenvalue weighted by Gasteiger charge is 2.10. The summed E-state index contributed by atoms with van der Waals surface area (Å²) in [6.45, 7) is 0.389. The van der Waals surface area contributed by atoms with Crippen molar-refractivity contribution in [2.24, 2.45) is 0 Å². The number of hydrogen-bond donors (Lipinski definition) is 2. The number of nitrogens with zero attached hydrogens (tertiary/aromatic N) is 4. The van der Waals surface area contributed by atoms with Crippen molar-refractivity contribution >= 4 is 34.4 Å². The van der Waals surface area contributed by atoms with Gasteiger partial charge in [0.05, 0.1) is 24.2 Å². The summed E-state index contributed by atoms with van der Waals surface area (Å²) >= 11 is 12.2. The number of fused-ring (bicyclic) bond motifs is 1. The molecule has 0 unspecified atom stereocenters. The lowest BCUT2D eigenvalue weighted by Crippen LogP contribution is -2.13. The highest BCUT2D eigenvalue weighted by atomic mass is 35.5. The lowest BCUT2D eigenvalue weighted by molar-refractivity contribution is 0.780. The average molecular weight is 295 g/mol. The van der Waals surface area contributed by atoms with Crippen LogP contribution >= 0.6 is 23.2 Å².